The lowest BCUT2D eigenvalue weighted by Crippen LogP contribution is -2.45. The van der Waals surface area contributed by atoms with Crippen molar-refractivity contribution in [3.05, 3.63) is 134 Å². The van der Waals surface area contributed by atoms with Gasteiger partial charge in [0.25, 0.3) is 7.82 Å². The molecule has 0 aliphatic rings. The van der Waals surface area contributed by atoms with Crippen LogP contribution in [0.1, 0.15) is 226 Å². The standard InChI is InChI=1S/C66H113N2O6P/c1-6-8-10-12-14-16-18-20-22-23-24-25-26-27-28-29-30-31-32-33-34-35-36-37-38-39-40-41-42-43-44-45-46-48-50-52-54-56-58-60-66(70)67-64(63-74-75(71,72)73-62-61-68(3,4)5)65(69)59-57-55-53-51-49-47-21-19-17-15-13-11-9-7-2/h8,10,14,16,20,22,24-25,27-28,30-31,33-34,36-37,39-40,49,51,57,59,64-65,69H,6-7,9,11-13,15,17-19,21,23,26,29,32,35,38,41-48,50,52-56,58,60-63H2,1-5H3,(H-,67,70,71,72)/b10-8-,16-14-,22-20-,25-24-,28-27-,31-30-,34-33-,37-36-,40-39-,51-49+,59-57+. The maximum atomic E-state index is 13.0. The zero-order valence-corrected chi connectivity index (χ0v) is 49.6. The fraction of sp³-hybridized carbons (Fsp3) is 0.652. The van der Waals surface area contributed by atoms with Crippen molar-refractivity contribution in [2.75, 3.05) is 40.9 Å². The first-order valence-electron chi connectivity index (χ1n) is 30.0. The van der Waals surface area contributed by atoms with Crippen molar-refractivity contribution in [1.82, 2.24) is 5.32 Å². The highest BCUT2D eigenvalue weighted by molar-refractivity contribution is 7.45. The number of amides is 1. The van der Waals surface area contributed by atoms with Gasteiger partial charge in [-0.3, -0.25) is 9.36 Å². The summed E-state index contributed by atoms with van der Waals surface area (Å²) in [6.45, 7) is 4.49. The second-order valence-corrected chi connectivity index (χ2v) is 22.4. The number of carbonyl (C=O) groups is 1. The van der Waals surface area contributed by atoms with Gasteiger partial charge in [0.15, 0.2) is 0 Å². The van der Waals surface area contributed by atoms with Gasteiger partial charge in [0.2, 0.25) is 5.91 Å². The van der Waals surface area contributed by atoms with Crippen molar-refractivity contribution in [2.45, 2.75) is 238 Å². The molecule has 3 atom stereocenters. The van der Waals surface area contributed by atoms with Gasteiger partial charge in [0.05, 0.1) is 39.9 Å². The Kier molecular flexibility index (Phi) is 52.9. The number of aliphatic hydroxyl groups is 1. The minimum atomic E-state index is -4.61. The number of phosphoric acid groups is 1. The van der Waals surface area contributed by atoms with Gasteiger partial charge in [-0.1, -0.05) is 250 Å². The highest BCUT2D eigenvalue weighted by atomic mass is 31.2. The van der Waals surface area contributed by atoms with Crippen LogP contribution in [0, 0.1) is 0 Å². The molecule has 0 aliphatic heterocycles. The van der Waals surface area contributed by atoms with Crippen LogP contribution in [0.2, 0.25) is 0 Å². The fourth-order valence-electron chi connectivity index (χ4n) is 7.93. The summed E-state index contributed by atoms with van der Waals surface area (Å²) in [6.07, 6.45) is 84.0. The van der Waals surface area contributed by atoms with Crippen LogP contribution in [0.4, 0.5) is 0 Å². The normalized spacial score (nSPS) is 14.8. The third-order valence-corrected chi connectivity index (χ3v) is 13.6. The maximum Gasteiger partial charge on any atom is 0.268 e. The number of unbranched alkanes of at least 4 members (excludes halogenated alkanes) is 20. The molecule has 0 radical (unpaired) electrons. The first-order chi connectivity index (χ1) is 36.5. The molecule has 9 heteroatoms. The highest BCUT2D eigenvalue weighted by Crippen LogP contribution is 2.38. The van der Waals surface area contributed by atoms with Crippen LogP contribution in [-0.2, 0) is 18.4 Å². The zero-order chi connectivity index (χ0) is 54.9. The van der Waals surface area contributed by atoms with E-state index >= 15 is 0 Å². The molecule has 0 saturated carbocycles. The number of allylic oxidation sites excluding steroid dienone is 21. The van der Waals surface area contributed by atoms with E-state index in [1.54, 1.807) is 6.08 Å². The molecule has 0 aromatic rings. The van der Waals surface area contributed by atoms with E-state index < -0.39 is 26.6 Å². The molecule has 0 heterocycles. The number of aliphatic hydroxyl groups excluding tert-OH is 1. The van der Waals surface area contributed by atoms with E-state index in [4.69, 9.17) is 9.05 Å². The second kappa shape index (κ2) is 55.4. The molecule has 0 rings (SSSR count). The number of hydrogen-bond acceptors (Lipinski definition) is 6. The Morgan fingerprint density at radius 3 is 1.24 bits per heavy atom. The molecule has 0 aliphatic carbocycles. The van der Waals surface area contributed by atoms with E-state index in [1.807, 2.05) is 27.2 Å². The van der Waals surface area contributed by atoms with Gasteiger partial charge in [0, 0.05) is 6.42 Å². The lowest BCUT2D eigenvalue weighted by molar-refractivity contribution is -0.870. The van der Waals surface area contributed by atoms with E-state index in [-0.39, 0.29) is 12.5 Å². The zero-order valence-electron chi connectivity index (χ0n) is 48.7. The van der Waals surface area contributed by atoms with Crippen LogP contribution < -0.4 is 10.2 Å². The first kappa shape index (κ1) is 71.6. The van der Waals surface area contributed by atoms with Crippen LogP contribution in [-0.4, -0.2) is 68.5 Å². The summed E-state index contributed by atoms with van der Waals surface area (Å²) in [5.74, 6) is -0.216. The number of nitrogens with one attached hydrogen (secondary N) is 1. The summed E-state index contributed by atoms with van der Waals surface area (Å²) in [5.41, 5.74) is 0. The Labute approximate surface area is 462 Å². The SMILES string of the molecule is CC/C=C\C/C=C\C/C=C\C/C=C\C/C=C\C/C=C\C/C=C\C/C=C\C/C=C\CCCCCCCCCCCCCC(=O)NC(COP(=O)([O-])OCC[N+](C)(C)C)C(O)/C=C/CC/C=C/CCCCCCCCCC. The quantitative estimate of drug-likeness (QED) is 0.0272. The maximum absolute atomic E-state index is 13.0. The Bertz CT molecular complexity index is 1680. The monoisotopic (exact) mass is 1060 g/mol. The minimum absolute atomic E-state index is 0.0128. The molecule has 0 aromatic heterocycles. The summed E-state index contributed by atoms with van der Waals surface area (Å²) in [7, 11) is 1.23. The lowest BCUT2D eigenvalue weighted by Gasteiger charge is -2.29. The topological polar surface area (TPSA) is 108 Å². The molecule has 0 fully saturated rings. The summed E-state index contributed by atoms with van der Waals surface area (Å²) < 4.78 is 23.3. The molecule has 1 amide bonds. The van der Waals surface area contributed by atoms with Crippen molar-refractivity contribution >= 4 is 13.7 Å². The third kappa shape index (κ3) is 58.2. The number of quaternary nitrogens is 1. The molecular weight excluding hydrogens is 948 g/mol. The fourth-order valence-corrected chi connectivity index (χ4v) is 8.65. The van der Waals surface area contributed by atoms with E-state index in [0.717, 1.165) is 103 Å². The van der Waals surface area contributed by atoms with Crippen molar-refractivity contribution in [1.29, 1.82) is 0 Å². The molecule has 428 valence electrons. The molecule has 0 aromatic carbocycles. The summed E-state index contributed by atoms with van der Waals surface area (Å²) in [5, 5.41) is 13.8. The number of rotatable bonds is 53. The molecule has 0 saturated heterocycles. The number of hydrogen-bond donors (Lipinski definition) is 2. The van der Waals surface area contributed by atoms with Crippen molar-refractivity contribution < 1.29 is 32.9 Å². The third-order valence-electron chi connectivity index (χ3n) is 12.6. The Morgan fingerprint density at radius 1 is 0.480 bits per heavy atom. The molecule has 0 bridgehead atoms. The lowest BCUT2D eigenvalue weighted by atomic mass is 10.0. The number of carbonyl (C=O) groups excluding carboxylic acids is 1. The molecule has 8 nitrogen and oxygen atoms in total. The number of phosphoric ester groups is 1. The van der Waals surface area contributed by atoms with E-state index in [1.165, 1.54) is 103 Å². The molecule has 0 spiro atoms. The second-order valence-electron chi connectivity index (χ2n) is 21.0. The van der Waals surface area contributed by atoms with Crippen LogP contribution in [0.3, 0.4) is 0 Å². The molecule has 75 heavy (non-hydrogen) atoms. The van der Waals surface area contributed by atoms with E-state index in [9.17, 15) is 19.4 Å². The van der Waals surface area contributed by atoms with E-state index in [0.29, 0.717) is 17.4 Å². The van der Waals surface area contributed by atoms with Gasteiger partial charge in [-0.2, -0.15) is 0 Å². The van der Waals surface area contributed by atoms with Crippen LogP contribution >= 0.6 is 7.82 Å². The number of nitrogens with zero attached hydrogens (tertiary/aromatic N) is 1. The Hall–Kier alpha value is -3.36. The number of likely N-dealkylation sites (N-methyl/N-ethyl adjacent to an activating group) is 1. The van der Waals surface area contributed by atoms with Crippen LogP contribution in [0.15, 0.2) is 134 Å². The summed E-state index contributed by atoms with van der Waals surface area (Å²) in [6, 6.07) is -0.913. The van der Waals surface area contributed by atoms with Crippen molar-refractivity contribution in [3.8, 4) is 0 Å². The van der Waals surface area contributed by atoms with E-state index in [2.05, 4.69) is 141 Å². The minimum Gasteiger partial charge on any atom is -0.756 e. The van der Waals surface area contributed by atoms with Crippen LogP contribution in [0.25, 0.3) is 0 Å². The molecular formula is C66H113N2O6P. The van der Waals surface area contributed by atoms with Gasteiger partial charge < -0.3 is 28.8 Å². The van der Waals surface area contributed by atoms with Gasteiger partial charge in [-0.15, -0.1) is 0 Å². The predicted octanol–water partition coefficient (Wildman–Crippen LogP) is 18.1. The highest BCUT2D eigenvalue weighted by Gasteiger charge is 2.23. The van der Waals surface area contributed by atoms with Gasteiger partial charge in [0.1, 0.15) is 13.2 Å². The summed E-state index contributed by atoms with van der Waals surface area (Å²) >= 11 is 0. The molecule has 2 N–H and O–H groups in total. The first-order valence-corrected chi connectivity index (χ1v) is 31.5. The largest absolute Gasteiger partial charge is 0.756 e. The van der Waals surface area contributed by atoms with Gasteiger partial charge in [-0.05, 0) is 103 Å². The Morgan fingerprint density at radius 2 is 0.827 bits per heavy atom. The summed E-state index contributed by atoms with van der Waals surface area (Å²) in [4.78, 5) is 25.5. The van der Waals surface area contributed by atoms with Gasteiger partial charge >= 0.3 is 0 Å². The van der Waals surface area contributed by atoms with Crippen LogP contribution in [0.5, 0.6) is 0 Å². The Balaban J connectivity index is 4.11. The average Bonchev–Trinajstić information content (AvgIpc) is 3.37. The smallest absolute Gasteiger partial charge is 0.268 e. The predicted molar refractivity (Wildman–Crippen MR) is 325 cm³/mol. The average molecular weight is 1060 g/mol. The molecule has 3 unspecified atom stereocenters. The van der Waals surface area contributed by atoms with Crippen molar-refractivity contribution in [2.24, 2.45) is 0 Å². The van der Waals surface area contributed by atoms with Crippen molar-refractivity contribution in [3.63, 3.8) is 0 Å². The van der Waals surface area contributed by atoms with Gasteiger partial charge in [-0.25, -0.2) is 0 Å².